The molecular weight excluding hydrogens is 349 g/mol. The topological polar surface area (TPSA) is 106 Å². The van der Waals surface area contributed by atoms with E-state index in [0.717, 1.165) is 6.07 Å². The highest BCUT2D eigenvalue weighted by Gasteiger charge is 2.33. The van der Waals surface area contributed by atoms with E-state index in [4.69, 9.17) is 11.5 Å². The molecule has 0 spiro atoms. The van der Waals surface area contributed by atoms with E-state index >= 15 is 0 Å². The van der Waals surface area contributed by atoms with Gasteiger partial charge in [0.1, 0.15) is 0 Å². The molecule has 0 saturated carbocycles. The SMILES string of the molecule is CC(CCC(CC(O)[CH]Cc1ccccc1C(F)(F)F)C(N)=O)C(N)=O. The van der Waals surface area contributed by atoms with Gasteiger partial charge in [0.2, 0.25) is 11.8 Å². The molecule has 0 heterocycles. The lowest BCUT2D eigenvalue weighted by Gasteiger charge is -2.19. The molecule has 1 radical (unpaired) electrons. The molecular formula is C18H24F3N2O3. The van der Waals surface area contributed by atoms with E-state index < -0.39 is 41.5 Å². The number of benzene rings is 1. The largest absolute Gasteiger partial charge is 0.416 e. The maximum absolute atomic E-state index is 13.0. The first kappa shape index (κ1) is 22.0. The number of hydrogen-bond acceptors (Lipinski definition) is 3. The van der Waals surface area contributed by atoms with Gasteiger partial charge in [0.25, 0.3) is 0 Å². The highest BCUT2D eigenvalue weighted by Crippen LogP contribution is 2.32. The van der Waals surface area contributed by atoms with Crippen molar-refractivity contribution in [2.75, 3.05) is 0 Å². The third kappa shape index (κ3) is 7.03. The highest BCUT2D eigenvalue weighted by molar-refractivity contribution is 5.77. The van der Waals surface area contributed by atoms with E-state index in [1.807, 2.05) is 0 Å². The van der Waals surface area contributed by atoms with Crippen molar-refractivity contribution in [2.45, 2.75) is 44.9 Å². The van der Waals surface area contributed by atoms with Crippen LogP contribution >= 0.6 is 0 Å². The molecule has 0 aliphatic carbocycles. The first-order valence-corrected chi connectivity index (χ1v) is 8.27. The summed E-state index contributed by atoms with van der Waals surface area (Å²) in [6.07, 6.45) is -3.77. The zero-order valence-electron chi connectivity index (χ0n) is 14.5. The number of aliphatic hydroxyl groups excluding tert-OH is 1. The lowest BCUT2D eigenvalue weighted by Crippen LogP contribution is -2.29. The molecule has 8 heteroatoms. The molecule has 26 heavy (non-hydrogen) atoms. The maximum atomic E-state index is 13.0. The Morgan fingerprint density at radius 3 is 2.31 bits per heavy atom. The van der Waals surface area contributed by atoms with Crippen LogP contribution in [0.15, 0.2) is 24.3 Å². The summed E-state index contributed by atoms with van der Waals surface area (Å²) >= 11 is 0. The number of primary amides is 2. The Hall–Kier alpha value is -2.09. The van der Waals surface area contributed by atoms with Gasteiger partial charge in [-0.3, -0.25) is 9.59 Å². The first-order chi connectivity index (χ1) is 12.0. The maximum Gasteiger partial charge on any atom is 0.416 e. The summed E-state index contributed by atoms with van der Waals surface area (Å²) in [5.41, 5.74) is 9.75. The molecule has 0 saturated heterocycles. The fourth-order valence-corrected chi connectivity index (χ4v) is 2.60. The number of amides is 2. The molecule has 5 N–H and O–H groups in total. The van der Waals surface area contributed by atoms with Crippen LogP contribution in [0.5, 0.6) is 0 Å². The number of aliphatic hydroxyl groups is 1. The average molecular weight is 373 g/mol. The molecule has 3 atom stereocenters. The van der Waals surface area contributed by atoms with E-state index in [0.29, 0.717) is 6.42 Å². The molecule has 1 aromatic carbocycles. The fraction of sp³-hybridized carbons (Fsp3) is 0.500. The van der Waals surface area contributed by atoms with E-state index in [1.165, 1.54) is 24.6 Å². The second kappa shape index (κ2) is 9.56. The molecule has 0 fully saturated rings. The van der Waals surface area contributed by atoms with Gasteiger partial charge in [-0.1, -0.05) is 25.1 Å². The monoisotopic (exact) mass is 373 g/mol. The van der Waals surface area contributed by atoms with Gasteiger partial charge < -0.3 is 16.6 Å². The summed E-state index contributed by atoms with van der Waals surface area (Å²) < 4.78 is 38.9. The van der Waals surface area contributed by atoms with Gasteiger partial charge in [-0.25, -0.2) is 0 Å². The number of alkyl halides is 3. The Balaban J connectivity index is 2.63. The molecule has 5 nitrogen and oxygen atoms in total. The van der Waals surface area contributed by atoms with Crippen molar-refractivity contribution >= 4 is 11.8 Å². The van der Waals surface area contributed by atoms with Gasteiger partial charge in [0.15, 0.2) is 0 Å². The van der Waals surface area contributed by atoms with Crippen molar-refractivity contribution in [1.82, 2.24) is 0 Å². The minimum absolute atomic E-state index is 0.0188. The third-order valence-electron chi connectivity index (χ3n) is 4.29. The van der Waals surface area contributed by atoms with Gasteiger partial charge in [-0.15, -0.1) is 0 Å². The second-order valence-corrected chi connectivity index (χ2v) is 6.38. The van der Waals surface area contributed by atoms with E-state index in [2.05, 4.69) is 0 Å². The van der Waals surface area contributed by atoms with Crippen LogP contribution in [0.25, 0.3) is 0 Å². The average Bonchev–Trinajstić information content (AvgIpc) is 2.55. The first-order valence-electron chi connectivity index (χ1n) is 8.27. The van der Waals surface area contributed by atoms with Gasteiger partial charge >= 0.3 is 6.18 Å². The predicted molar refractivity (Wildman–Crippen MR) is 90.3 cm³/mol. The molecule has 145 valence electrons. The van der Waals surface area contributed by atoms with Crippen LogP contribution in [-0.4, -0.2) is 23.0 Å². The molecule has 0 aliphatic heterocycles. The lowest BCUT2D eigenvalue weighted by molar-refractivity contribution is -0.138. The zero-order valence-corrected chi connectivity index (χ0v) is 14.5. The van der Waals surface area contributed by atoms with Crippen molar-refractivity contribution in [2.24, 2.45) is 23.3 Å². The summed E-state index contributed by atoms with van der Waals surface area (Å²) in [5, 5.41) is 10.1. The number of carbonyl (C=O) groups excluding carboxylic acids is 2. The van der Waals surface area contributed by atoms with Crippen LogP contribution in [0.1, 0.15) is 37.3 Å². The Morgan fingerprint density at radius 2 is 1.77 bits per heavy atom. The molecule has 2 amide bonds. The van der Waals surface area contributed by atoms with Crippen molar-refractivity contribution in [3.8, 4) is 0 Å². The quantitative estimate of drug-likeness (QED) is 0.585. The normalized spacial score (nSPS) is 15.3. The molecule has 0 bridgehead atoms. The van der Waals surface area contributed by atoms with Crippen molar-refractivity contribution in [1.29, 1.82) is 0 Å². The van der Waals surface area contributed by atoms with Crippen molar-refractivity contribution < 1.29 is 27.9 Å². The van der Waals surface area contributed by atoms with Crippen LogP contribution in [-0.2, 0) is 22.2 Å². The summed E-state index contributed by atoms with van der Waals surface area (Å²) in [4.78, 5) is 22.5. The van der Waals surface area contributed by atoms with Crippen LogP contribution in [0.2, 0.25) is 0 Å². The molecule has 0 aliphatic rings. The van der Waals surface area contributed by atoms with Gasteiger partial charge in [0.05, 0.1) is 11.7 Å². The minimum Gasteiger partial charge on any atom is -0.393 e. The van der Waals surface area contributed by atoms with E-state index in [9.17, 15) is 27.9 Å². The Kier molecular flexibility index (Phi) is 8.08. The van der Waals surface area contributed by atoms with Crippen LogP contribution in [0.3, 0.4) is 0 Å². The smallest absolute Gasteiger partial charge is 0.393 e. The van der Waals surface area contributed by atoms with Gasteiger partial charge in [-0.2, -0.15) is 13.2 Å². The molecule has 1 aromatic rings. The van der Waals surface area contributed by atoms with Crippen LogP contribution in [0, 0.1) is 18.3 Å². The van der Waals surface area contributed by atoms with Gasteiger partial charge in [-0.05, 0) is 43.7 Å². The minimum atomic E-state index is -4.48. The fourth-order valence-electron chi connectivity index (χ4n) is 2.60. The summed E-state index contributed by atoms with van der Waals surface area (Å²) in [7, 11) is 0. The Bertz CT molecular complexity index is 620. The second-order valence-electron chi connectivity index (χ2n) is 6.38. The zero-order chi connectivity index (χ0) is 19.9. The third-order valence-corrected chi connectivity index (χ3v) is 4.29. The van der Waals surface area contributed by atoms with Crippen molar-refractivity contribution in [3.05, 3.63) is 41.8 Å². The van der Waals surface area contributed by atoms with Crippen LogP contribution < -0.4 is 11.5 Å². The lowest BCUT2D eigenvalue weighted by atomic mass is 9.89. The number of halogens is 3. The summed E-state index contributed by atoms with van der Waals surface area (Å²) in [6.45, 7) is 1.62. The predicted octanol–water partition coefficient (Wildman–Crippen LogP) is 2.21. The van der Waals surface area contributed by atoms with E-state index in [1.54, 1.807) is 6.92 Å². The summed E-state index contributed by atoms with van der Waals surface area (Å²) in [5.74, 6) is -2.26. The van der Waals surface area contributed by atoms with Crippen LogP contribution in [0.4, 0.5) is 13.2 Å². The number of hydrogen-bond donors (Lipinski definition) is 3. The number of carbonyl (C=O) groups is 2. The van der Waals surface area contributed by atoms with E-state index in [-0.39, 0.29) is 24.8 Å². The summed E-state index contributed by atoms with van der Waals surface area (Å²) in [6, 6.07) is 5.10. The molecule has 0 aromatic heterocycles. The highest BCUT2D eigenvalue weighted by atomic mass is 19.4. The Morgan fingerprint density at radius 1 is 1.15 bits per heavy atom. The number of nitrogens with two attached hydrogens (primary N) is 2. The van der Waals surface area contributed by atoms with Gasteiger partial charge in [0, 0.05) is 11.8 Å². The Labute approximate surface area is 150 Å². The number of rotatable bonds is 10. The molecule has 3 unspecified atom stereocenters. The van der Waals surface area contributed by atoms with Crippen molar-refractivity contribution in [3.63, 3.8) is 0 Å². The molecule has 1 rings (SSSR count). The standard InChI is InChI=1S/C18H24F3N2O3/c1-11(16(22)25)6-7-13(17(23)26)10-14(24)9-8-12-4-2-3-5-15(12)18(19,20)21/h2-5,9,11,13-14,24H,6-8,10H2,1H3,(H2,22,25)(H2,23,26).